The van der Waals surface area contributed by atoms with Crippen LogP contribution in [0.25, 0.3) is 5.69 Å². The summed E-state index contributed by atoms with van der Waals surface area (Å²) in [6.45, 7) is 0.151. The number of carbonyl (C=O) groups excluding carboxylic acids is 1. The first-order valence-corrected chi connectivity index (χ1v) is 9.36. The van der Waals surface area contributed by atoms with E-state index >= 15 is 0 Å². The van der Waals surface area contributed by atoms with Crippen LogP contribution in [0.2, 0.25) is 5.02 Å². The van der Waals surface area contributed by atoms with E-state index < -0.39 is 0 Å². The number of nitrogens with zero attached hydrogens (tertiary/aromatic N) is 2. The minimum Gasteiger partial charge on any atom is -0.493 e. The highest BCUT2D eigenvalue weighted by atomic mass is 35.5. The predicted molar refractivity (Wildman–Crippen MR) is 111 cm³/mol. The molecule has 1 atom stereocenters. The number of hydrogen-bond donors (Lipinski definition) is 1. The first-order valence-electron chi connectivity index (χ1n) is 8.98. The number of amides is 1. The van der Waals surface area contributed by atoms with Gasteiger partial charge in [-0.1, -0.05) is 29.7 Å². The molecule has 1 amide bonds. The van der Waals surface area contributed by atoms with Gasteiger partial charge in [0.1, 0.15) is 12.4 Å². The number of terminal acetylenes is 1. The van der Waals surface area contributed by atoms with E-state index in [-0.39, 0.29) is 18.4 Å². The third-order valence-electron chi connectivity index (χ3n) is 4.77. The van der Waals surface area contributed by atoms with Gasteiger partial charge in [0.2, 0.25) is 5.91 Å². The lowest BCUT2D eigenvalue weighted by molar-refractivity contribution is -0.116. The molecular weight excluding hydrogens is 390 g/mol. The number of carbonyl (C=O) groups is 1. The van der Waals surface area contributed by atoms with Crippen molar-refractivity contribution in [2.75, 3.05) is 19.0 Å². The van der Waals surface area contributed by atoms with Gasteiger partial charge in [0.25, 0.3) is 0 Å². The van der Waals surface area contributed by atoms with Gasteiger partial charge in [0.05, 0.1) is 19.0 Å². The smallest absolute Gasteiger partial charge is 0.226 e. The van der Waals surface area contributed by atoms with Crippen molar-refractivity contribution in [1.29, 1.82) is 0 Å². The summed E-state index contributed by atoms with van der Waals surface area (Å²) in [5.41, 5.74) is 2.62. The predicted octanol–water partition coefficient (Wildman–Crippen LogP) is 4.02. The molecule has 0 saturated carbocycles. The summed E-state index contributed by atoms with van der Waals surface area (Å²) in [4.78, 5) is 12.5. The van der Waals surface area contributed by atoms with Crippen LogP contribution in [0.5, 0.6) is 11.5 Å². The number of benzene rings is 2. The van der Waals surface area contributed by atoms with E-state index in [9.17, 15) is 4.79 Å². The van der Waals surface area contributed by atoms with Gasteiger partial charge >= 0.3 is 0 Å². The molecule has 2 aromatic carbocycles. The maximum absolute atomic E-state index is 12.5. The Hall–Kier alpha value is -3.43. The number of halogens is 1. The topological polar surface area (TPSA) is 65.4 Å². The molecule has 1 aliphatic heterocycles. The summed E-state index contributed by atoms with van der Waals surface area (Å²) in [5, 5.41) is 8.01. The van der Waals surface area contributed by atoms with Crippen LogP contribution in [0.3, 0.4) is 0 Å². The zero-order valence-corrected chi connectivity index (χ0v) is 16.4. The van der Waals surface area contributed by atoms with Crippen molar-refractivity contribution in [1.82, 2.24) is 9.78 Å². The number of aromatic nitrogens is 2. The van der Waals surface area contributed by atoms with Crippen molar-refractivity contribution < 1.29 is 14.3 Å². The van der Waals surface area contributed by atoms with Crippen LogP contribution in [0, 0.1) is 12.3 Å². The third kappa shape index (κ3) is 3.65. The third-order valence-corrected chi connectivity index (χ3v) is 5.01. The lowest BCUT2D eigenvalue weighted by Gasteiger charge is -2.24. The Morgan fingerprint density at radius 1 is 1.31 bits per heavy atom. The zero-order valence-electron chi connectivity index (χ0n) is 15.7. The van der Waals surface area contributed by atoms with Gasteiger partial charge in [-0.15, -0.1) is 6.42 Å². The fourth-order valence-electron chi connectivity index (χ4n) is 3.46. The molecule has 4 rings (SSSR count). The van der Waals surface area contributed by atoms with E-state index in [0.717, 1.165) is 16.8 Å². The first kappa shape index (κ1) is 18.9. The van der Waals surface area contributed by atoms with Crippen molar-refractivity contribution in [2.24, 2.45) is 0 Å². The normalized spacial score (nSPS) is 15.2. The highest BCUT2D eigenvalue weighted by Gasteiger charge is 2.31. The molecule has 0 spiro atoms. The molecule has 0 fully saturated rings. The van der Waals surface area contributed by atoms with Crippen molar-refractivity contribution >= 4 is 23.3 Å². The molecule has 6 nitrogen and oxygen atoms in total. The van der Waals surface area contributed by atoms with Crippen LogP contribution < -0.4 is 14.8 Å². The fraction of sp³-hybridized carbons (Fsp3) is 0.182. The number of fused-ring (bicyclic) bond motifs is 1. The Bertz CT molecular complexity index is 1120. The molecule has 1 aliphatic rings. The second-order valence-electron chi connectivity index (χ2n) is 6.55. The molecule has 29 heavy (non-hydrogen) atoms. The Kier molecular flexibility index (Phi) is 5.15. The van der Waals surface area contributed by atoms with Crippen molar-refractivity contribution in [2.45, 2.75) is 12.3 Å². The van der Waals surface area contributed by atoms with E-state index in [1.807, 2.05) is 24.3 Å². The monoisotopic (exact) mass is 407 g/mol. The van der Waals surface area contributed by atoms with Crippen LogP contribution in [0.4, 0.5) is 5.82 Å². The standard InChI is InChI=1S/C22H18ClN3O3/c1-3-9-29-19-8-7-14(10-20(19)28-2)17-12-21(27)25-22-18(17)13-24-26(22)16-6-4-5-15(23)11-16/h1,4-8,10-11,13,17H,9,12H2,2H3,(H,25,27)/t17-/m0/s1. The van der Waals surface area contributed by atoms with E-state index in [1.165, 1.54) is 0 Å². The highest BCUT2D eigenvalue weighted by Crippen LogP contribution is 2.40. The first-order chi connectivity index (χ1) is 14.1. The molecule has 0 radical (unpaired) electrons. The van der Waals surface area contributed by atoms with E-state index in [2.05, 4.69) is 16.3 Å². The van der Waals surface area contributed by atoms with Gasteiger partial charge in [-0.25, -0.2) is 4.68 Å². The quantitative estimate of drug-likeness (QED) is 0.649. The van der Waals surface area contributed by atoms with Gasteiger partial charge in [-0.2, -0.15) is 5.10 Å². The van der Waals surface area contributed by atoms with Crippen molar-refractivity contribution in [3.05, 3.63) is 64.8 Å². The minimum atomic E-state index is -0.165. The van der Waals surface area contributed by atoms with Crippen molar-refractivity contribution in [3.8, 4) is 29.5 Å². The number of anilines is 1. The molecular formula is C22H18ClN3O3. The average Bonchev–Trinajstić information content (AvgIpc) is 3.15. The summed E-state index contributed by atoms with van der Waals surface area (Å²) in [6.07, 6.45) is 7.35. The molecule has 146 valence electrons. The SMILES string of the molecule is C#CCOc1ccc([C@@H]2CC(=O)Nc3c2cnn3-c2cccc(Cl)c2)cc1OC. The largest absolute Gasteiger partial charge is 0.493 e. The van der Waals surface area contributed by atoms with Crippen LogP contribution in [-0.4, -0.2) is 29.4 Å². The Labute approximate surface area is 173 Å². The molecule has 3 aromatic rings. The second-order valence-corrected chi connectivity index (χ2v) is 6.98. The van der Waals surface area contributed by atoms with Gasteiger partial charge in [0, 0.05) is 22.9 Å². The van der Waals surface area contributed by atoms with Crippen LogP contribution in [0.15, 0.2) is 48.7 Å². The Morgan fingerprint density at radius 3 is 2.93 bits per heavy atom. The zero-order chi connectivity index (χ0) is 20.4. The number of nitrogens with one attached hydrogen (secondary N) is 1. The fourth-order valence-corrected chi connectivity index (χ4v) is 3.64. The maximum Gasteiger partial charge on any atom is 0.226 e. The molecule has 2 heterocycles. The molecule has 0 bridgehead atoms. The van der Waals surface area contributed by atoms with Gasteiger partial charge < -0.3 is 14.8 Å². The molecule has 1 N–H and O–H groups in total. The summed E-state index contributed by atoms with van der Waals surface area (Å²) in [5.74, 6) is 3.95. The van der Waals surface area contributed by atoms with Gasteiger partial charge in [-0.05, 0) is 35.9 Å². The summed E-state index contributed by atoms with van der Waals surface area (Å²) in [7, 11) is 1.57. The Balaban J connectivity index is 1.75. The van der Waals surface area contributed by atoms with Gasteiger partial charge in [0.15, 0.2) is 11.5 Å². The van der Waals surface area contributed by atoms with Crippen LogP contribution >= 0.6 is 11.6 Å². The minimum absolute atomic E-state index is 0.0853. The van der Waals surface area contributed by atoms with Crippen molar-refractivity contribution in [3.63, 3.8) is 0 Å². The van der Waals surface area contributed by atoms with Crippen LogP contribution in [0.1, 0.15) is 23.5 Å². The van der Waals surface area contributed by atoms with E-state index in [1.54, 1.807) is 36.2 Å². The lowest BCUT2D eigenvalue weighted by Crippen LogP contribution is -2.24. The van der Waals surface area contributed by atoms with E-state index in [4.69, 9.17) is 27.5 Å². The average molecular weight is 408 g/mol. The number of rotatable bonds is 5. The molecule has 7 heteroatoms. The molecule has 0 aliphatic carbocycles. The number of methoxy groups -OCH3 is 1. The number of hydrogen-bond acceptors (Lipinski definition) is 4. The molecule has 0 unspecified atom stereocenters. The summed E-state index contributed by atoms with van der Waals surface area (Å²) in [6, 6.07) is 12.9. The molecule has 1 aromatic heterocycles. The van der Waals surface area contributed by atoms with Gasteiger partial charge in [-0.3, -0.25) is 4.79 Å². The second kappa shape index (κ2) is 7.90. The molecule has 0 saturated heterocycles. The summed E-state index contributed by atoms with van der Waals surface area (Å²) >= 11 is 6.12. The summed E-state index contributed by atoms with van der Waals surface area (Å²) < 4.78 is 12.6. The van der Waals surface area contributed by atoms with Crippen LogP contribution in [-0.2, 0) is 4.79 Å². The van der Waals surface area contributed by atoms with E-state index in [0.29, 0.717) is 28.8 Å². The maximum atomic E-state index is 12.5. The number of ether oxygens (including phenoxy) is 2. The highest BCUT2D eigenvalue weighted by molar-refractivity contribution is 6.30. The lowest BCUT2D eigenvalue weighted by atomic mass is 9.87. The Morgan fingerprint density at radius 2 is 2.17 bits per heavy atom.